The number of ether oxygens (including phenoxy) is 1. The largest absolute Gasteiger partial charge is 0.485 e. The lowest BCUT2D eigenvalue weighted by atomic mass is 10.1. The molecule has 144 valence electrons. The van der Waals surface area contributed by atoms with Gasteiger partial charge in [0.1, 0.15) is 11.6 Å². The lowest BCUT2D eigenvalue weighted by molar-refractivity contribution is 0.285. The Morgan fingerprint density at radius 3 is 2.93 bits per heavy atom. The predicted octanol–water partition coefficient (Wildman–Crippen LogP) is 2.70. The highest BCUT2D eigenvalue weighted by atomic mass is 35.5. The van der Waals surface area contributed by atoms with Crippen LogP contribution in [0.15, 0.2) is 28.8 Å². The summed E-state index contributed by atoms with van der Waals surface area (Å²) < 4.78 is 25.9. The first-order valence-electron chi connectivity index (χ1n) is 8.54. The van der Waals surface area contributed by atoms with Crippen molar-refractivity contribution in [1.29, 1.82) is 0 Å². The molecule has 1 aromatic carbocycles. The molecule has 1 fully saturated rings. The Morgan fingerprint density at radius 1 is 1.33 bits per heavy atom. The zero-order valence-electron chi connectivity index (χ0n) is 14.8. The van der Waals surface area contributed by atoms with Crippen LogP contribution in [0.2, 0.25) is 0 Å². The average Bonchev–Trinajstić information content (AvgIpc) is 3.27. The van der Waals surface area contributed by atoms with E-state index in [1.54, 1.807) is 12.1 Å². The van der Waals surface area contributed by atoms with Crippen LogP contribution in [-0.4, -0.2) is 38.2 Å². The third-order valence-corrected chi connectivity index (χ3v) is 4.42. The van der Waals surface area contributed by atoms with Gasteiger partial charge in [-0.2, -0.15) is 4.98 Å². The molecule has 0 spiro atoms. The fraction of sp³-hybridized carbons (Fsp3) is 0.412. The van der Waals surface area contributed by atoms with E-state index in [0.29, 0.717) is 29.2 Å². The highest BCUT2D eigenvalue weighted by Gasteiger charge is 2.23. The summed E-state index contributed by atoms with van der Waals surface area (Å²) in [6.07, 6.45) is 2.03. The second kappa shape index (κ2) is 8.45. The van der Waals surface area contributed by atoms with Gasteiger partial charge in [-0.05, 0) is 45.0 Å². The highest BCUT2D eigenvalue weighted by Crippen LogP contribution is 2.25. The molecule has 1 saturated heterocycles. The smallest absolute Gasteiger partial charge is 0.280 e. The van der Waals surface area contributed by atoms with E-state index in [-0.39, 0.29) is 24.8 Å². The van der Waals surface area contributed by atoms with Crippen LogP contribution < -0.4 is 10.1 Å². The van der Waals surface area contributed by atoms with Gasteiger partial charge < -0.3 is 14.6 Å². The Hall–Kier alpha value is -2.52. The lowest BCUT2D eigenvalue weighted by Gasteiger charge is -2.23. The minimum atomic E-state index is -0.360. The van der Waals surface area contributed by atoms with E-state index < -0.39 is 0 Å². The summed E-state index contributed by atoms with van der Waals surface area (Å²) in [5, 5.41) is 15.7. The van der Waals surface area contributed by atoms with Crippen molar-refractivity contribution in [1.82, 2.24) is 30.5 Å². The van der Waals surface area contributed by atoms with Crippen LogP contribution >= 0.6 is 12.4 Å². The number of nitrogens with zero attached hydrogens (tertiary/aromatic N) is 5. The summed E-state index contributed by atoms with van der Waals surface area (Å²) in [5.74, 6) is 0.714. The maximum atomic E-state index is 13.2. The van der Waals surface area contributed by atoms with Crippen LogP contribution in [0.5, 0.6) is 5.75 Å². The summed E-state index contributed by atoms with van der Waals surface area (Å²) in [6, 6.07) is 6.23. The minimum absolute atomic E-state index is 0. The molecule has 0 atom stereocenters. The molecule has 1 aliphatic rings. The molecular formula is C17H20ClFN6O2. The highest BCUT2D eigenvalue weighted by molar-refractivity contribution is 5.85. The van der Waals surface area contributed by atoms with E-state index in [1.807, 2.05) is 11.6 Å². The average molecular weight is 395 g/mol. The lowest BCUT2D eigenvalue weighted by Crippen LogP contribution is -2.30. The van der Waals surface area contributed by atoms with Crippen LogP contribution in [0.4, 0.5) is 4.39 Å². The van der Waals surface area contributed by atoms with Crippen molar-refractivity contribution < 1.29 is 13.7 Å². The number of piperidine rings is 1. The second-order valence-electron chi connectivity index (χ2n) is 6.21. The Labute approximate surface area is 161 Å². The minimum Gasteiger partial charge on any atom is -0.485 e. The zero-order chi connectivity index (χ0) is 17.9. The molecule has 1 aliphatic heterocycles. The molecule has 0 bridgehead atoms. The van der Waals surface area contributed by atoms with Crippen molar-refractivity contribution in [3.63, 3.8) is 0 Å². The number of nitrogens with one attached hydrogen (secondary N) is 1. The molecule has 0 unspecified atom stereocenters. The molecule has 2 aromatic heterocycles. The molecule has 4 rings (SSSR count). The molecule has 0 radical (unpaired) electrons. The van der Waals surface area contributed by atoms with Gasteiger partial charge in [-0.25, -0.2) is 9.07 Å². The van der Waals surface area contributed by atoms with Crippen molar-refractivity contribution in [3.05, 3.63) is 41.6 Å². The normalized spacial score (nSPS) is 14.7. The van der Waals surface area contributed by atoms with Gasteiger partial charge in [-0.15, -0.1) is 17.5 Å². The molecule has 27 heavy (non-hydrogen) atoms. The van der Waals surface area contributed by atoms with Crippen molar-refractivity contribution >= 4 is 12.4 Å². The van der Waals surface area contributed by atoms with E-state index in [1.165, 1.54) is 12.1 Å². The number of hydrogen-bond acceptors (Lipinski definition) is 7. The number of rotatable bonds is 5. The van der Waals surface area contributed by atoms with Crippen LogP contribution in [-0.2, 0) is 6.61 Å². The third kappa shape index (κ3) is 4.25. The van der Waals surface area contributed by atoms with E-state index in [0.717, 1.165) is 31.6 Å². The number of aromatic nitrogens is 5. The van der Waals surface area contributed by atoms with Crippen molar-refractivity contribution in [2.24, 2.45) is 0 Å². The number of hydrogen-bond donors (Lipinski definition) is 1. The first-order chi connectivity index (χ1) is 12.7. The summed E-state index contributed by atoms with van der Waals surface area (Å²) >= 11 is 0. The van der Waals surface area contributed by atoms with E-state index in [4.69, 9.17) is 9.26 Å². The number of halogens is 2. The quantitative estimate of drug-likeness (QED) is 0.711. The van der Waals surface area contributed by atoms with Gasteiger partial charge in [0.15, 0.2) is 12.3 Å². The molecule has 3 aromatic rings. The van der Waals surface area contributed by atoms with E-state index >= 15 is 0 Å². The SMILES string of the molecule is Cc1c(-c2nc(COc3cccc(F)c3)no2)nnn1C1CCNCC1.Cl. The van der Waals surface area contributed by atoms with Gasteiger partial charge in [0.05, 0.1) is 11.7 Å². The molecule has 3 heterocycles. The first-order valence-corrected chi connectivity index (χ1v) is 8.54. The molecule has 8 nitrogen and oxygen atoms in total. The molecule has 0 amide bonds. The van der Waals surface area contributed by atoms with Gasteiger partial charge in [-0.1, -0.05) is 16.4 Å². The van der Waals surface area contributed by atoms with Gasteiger partial charge in [-0.3, -0.25) is 0 Å². The standard InChI is InChI=1S/C17H19FN6O2.ClH/c1-11-16(21-23-24(11)13-5-7-19-8-6-13)17-20-15(22-26-17)10-25-14-4-2-3-12(18)9-14;/h2-4,9,13,19H,5-8,10H2,1H3;1H. The van der Waals surface area contributed by atoms with Crippen molar-refractivity contribution in [3.8, 4) is 17.3 Å². The predicted molar refractivity (Wildman–Crippen MR) is 97.2 cm³/mol. The van der Waals surface area contributed by atoms with Crippen molar-refractivity contribution in [2.45, 2.75) is 32.4 Å². The summed E-state index contributed by atoms with van der Waals surface area (Å²) in [6.45, 7) is 3.97. The van der Waals surface area contributed by atoms with Gasteiger partial charge >= 0.3 is 0 Å². The summed E-state index contributed by atoms with van der Waals surface area (Å²) in [7, 11) is 0. The Kier molecular flexibility index (Phi) is 6.02. The maximum Gasteiger partial charge on any atom is 0.280 e. The second-order valence-corrected chi connectivity index (χ2v) is 6.21. The third-order valence-electron chi connectivity index (χ3n) is 4.42. The van der Waals surface area contributed by atoms with Gasteiger partial charge in [0, 0.05) is 6.07 Å². The zero-order valence-corrected chi connectivity index (χ0v) is 15.6. The maximum absolute atomic E-state index is 13.2. The Morgan fingerprint density at radius 2 is 2.15 bits per heavy atom. The first kappa shape index (κ1) is 19.2. The van der Waals surface area contributed by atoms with Crippen LogP contribution in [0.1, 0.15) is 30.4 Å². The molecule has 0 aliphatic carbocycles. The van der Waals surface area contributed by atoms with Gasteiger partial charge in [0.25, 0.3) is 5.89 Å². The van der Waals surface area contributed by atoms with Crippen LogP contribution in [0.25, 0.3) is 11.6 Å². The topological polar surface area (TPSA) is 90.9 Å². The molecule has 0 saturated carbocycles. The van der Waals surface area contributed by atoms with E-state index in [9.17, 15) is 4.39 Å². The summed E-state index contributed by atoms with van der Waals surface area (Å²) in [4.78, 5) is 4.31. The van der Waals surface area contributed by atoms with Crippen LogP contribution in [0, 0.1) is 12.7 Å². The van der Waals surface area contributed by atoms with Crippen molar-refractivity contribution in [2.75, 3.05) is 13.1 Å². The molecule has 10 heteroatoms. The number of benzene rings is 1. The molecular weight excluding hydrogens is 375 g/mol. The monoisotopic (exact) mass is 394 g/mol. The fourth-order valence-electron chi connectivity index (χ4n) is 3.05. The Balaban J connectivity index is 0.00000210. The molecule has 1 N–H and O–H groups in total. The summed E-state index contributed by atoms with van der Waals surface area (Å²) in [5.41, 5.74) is 1.48. The Bertz CT molecular complexity index is 893. The van der Waals surface area contributed by atoms with Crippen LogP contribution in [0.3, 0.4) is 0 Å². The van der Waals surface area contributed by atoms with Gasteiger partial charge in [0.2, 0.25) is 5.82 Å². The fourth-order valence-corrected chi connectivity index (χ4v) is 3.05. The van der Waals surface area contributed by atoms with E-state index in [2.05, 4.69) is 25.8 Å².